The first-order valence-electron chi connectivity index (χ1n) is 8.25. The fourth-order valence-corrected chi connectivity index (χ4v) is 3.63. The molecule has 6 heteroatoms. The highest BCUT2D eigenvalue weighted by Crippen LogP contribution is 2.29. The van der Waals surface area contributed by atoms with Crippen molar-refractivity contribution in [1.82, 2.24) is 25.2 Å². The number of hydrogen-bond donors (Lipinski definition) is 1. The molecule has 2 fully saturated rings. The van der Waals surface area contributed by atoms with E-state index in [9.17, 15) is 4.79 Å². The van der Waals surface area contributed by atoms with Gasteiger partial charge in [0.1, 0.15) is 0 Å². The Bertz CT molecular complexity index is 694. The van der Waals surface area contributed by atoms with Gasteiger partial charge in [0, 0.05) is 18.6 Å². The SMILES string of the molecule is Cc1ccc(-n2cc(C(=O)N3C4CCNCC3CC4)nn2)cc1. The molecule has 120 valence electrons. The molecule has 1 amide bonds. The highest BCUT2D eigenvalue weighted by Gasteiger charge is 2.39. The molecule has 2 unspecified atom stereocenters. The summed E-state index contributed by atoms with van der Waals surface area (Å²) in [4.78, 5) is 14.9. The summed E-state index contributed by atoms with van der Waals surface area (Å²) in [7, 11) is 0. The number of aryl methyl sites for hydroxylation is 1. The number of fused-ring (bicyclic) bond motifs is 2. The minimum absolute atomic E-state index is 0.0135. The van der Waals surface area contributed by atoms with E-state index in [4.69, 9.17) is 0 Å². The van der Waals surface area contributed by atoms with Crippen molar-refractivity contribution < 1.29 is 4.79 Å². The maximum absolute atomic E-state index is 12.9. The zero-order valence-electron chi connectivity index (χ0n) is 13.3. The molecule has 0 saturated carbocycles. The second-order valence-corrected chi connectivity index (χ2v) is 6.47. The summed E-state index contributed by atoms with van der Waals surface area (Å²) in [6, 6.07) is 8.65. The molecule has 23 heavy (non-hydrogen) atoms. The van der Waals surface area contributed by atoms with Gasteiger partial charge in [-0.1, -0.05) is 22.9 Å². The number of aromatic nitrogens is 3. The number of rotatable bonds is 2. The van der Waals surface area contributed by atoms with E-state index in [1.807, 2.05) is 36.1 Å². The standard InChI is InChI=1S/C17H21N5O/c1-12-2-4-13(5-3-12)21-11-16(19-20-21)17(23)22-14-6-7-15(22)10-18-9-8-14/h2-5,11,14-15,18H,6-10H2,1H3. The first kappa shape index (κ1) is 14.4. The summed E-state index contributed by atoms with van der Waals surface area (Å²) in [5, 5.41) is 11.7. The van der Waals surface area contributed by atoms with E-state index < -0.39 is 0 Å². The van der Waals surface area contributed by atoms with Crippen LogP contribution >= 0.6 is 0 Å². The van der Waals surface area contributed by atoms with Crippen LogP contribution in [0.5, 0.6) is 0 Å². The molecule has 2 aromatic rings. The Balaban J connectivity index is 1.59. The molecule has 2 atom stereocenters. The minimum Gasteiger partial charge on any atom is -0.330 e. The second kappa shape index (κ2) is 5.77. The summed E-state index contributed by atoms with van der Waals surface area (Å²) < 4.78 is 1.67. The van der Waals surface area contributed by atoms with Crippen LogP contribution in [-0.4, -0.2) is 51.0 Å². The van der Waals surface area contributed by atoms with Crippen LogP contribution in [0.15, 0.2) is 30.5 Å². The fourth-order valence-electron chi connectivity index (χ4n) is 3.63. The summed E-state index contributed by atoms with van der Waals surface area (Å²) in [5.74, 6) is 0.0135. The molecule has 0 radical (unpaired) electrons. The molecule has 2 bridgehead atoms. The van der Waals surface area contributed by atoms with Crippen molar-refractivity contribution >= 4 is 5.91 Å². The Hall–Kier alpha value is -2.21. The Labute approximate surface area is 135 Å². The van der Waals surface area contributed by atoms with E-state index in [1.54, 1.807) is 10.9 Å². The van der Waals surface area contributed by atoms with E-state index in [0.717, 1.165) is 38.0 Å². The quantitative estimate of drug-likeness (QED) is 0.914. The van der Waals surface area contributed by atoms with Gasteiger partial charge in [0.2, 0.25) is 0 Å². The number of carbonyl (C=O) groups is 1. The van der Waals surface area contributed by atoms with Crippen LogP contribution in [0.3, 0.4) is 0 Å². The van der Waals surface area contributed by atoms with Crippen LogP contribution in [0, 0.1) is 6.92 Å². The molecule has 6 nitrogen and oxygen atoms in total. The second-order valence-electron chi connectivity index (χ2n) is 6.47. The van der Waals surface area contributed by atoms with Crippen molar-refractivity contribution in [1.29, 1.82) is 0 Å². The van der Waals surface area contributed by atoms with E-state index in [2.05, 4.69) is 15.6 Å². The molecule has 4 rings (SSSR count). The van der Waals surface area contributed by atoms with Crippen LogP contribution in [0.1, 0.15) is 35.3 Å². The van der Waals surface area contributed by atoms with Gasteiger partial charge in [0.25, 0.3) is 5.91 Å². The number of nitrogens with one attached hydrogen (secondary N) is 1. The molecule has 1 aromatic heterocycles. The van der Waals surface area contributed by atoms with E-state index in [-0.39, 0.29) is 5.91 Å². The number of nitrogens with zero attached hydrogens (tertiary/aromatic N) is 4. The first-order valence-corrected chi connectivity index (χ1v) is 8.25. The third-order valence-electron chi connectivity index (χ3n) is 4.90. The topological polar surface area (TPSA) is 63.1 Å². The third-order valence-corrected chi connectivity index (χ3v) is 4.90. The van der Waals surface area contributed by atoms with Gasteiger partial charge in [-0.3, -0.25) is 4.79 Å². The van der Waals surface area contributed by atoms with Gasteiger partial charge >= 0.3 is 0 Å². The van der Waals surface area contributed by atoms with Gasteiger partial charge in [-0.05, 0) is 44.9 Å². The first-order chi connectivity index (χ1) is 11.2. The number of carbonyl (C=O) groups excluding carboxylic acids is 1. The molecule has 0 spiro atoms. The van der Waals surface area contributed by atoms with Gasteiger partial charge in [-0.25, -0.2) is 4.68 Å². The van der Waals surface area contributed by atoms with Crippen molar-refractivity contribution in [2.45, 2.75) is 38.3 Å². The number of benzene rings is 1. The molecular formula is C17H21N5O. The molecule has 2 saturated heterocycles. The minimum atomic E-state index is 0.0135. The van der Waals surface area contributed by atoms with Gasteiger partial charge in [-0.15, -0.1) is 5.10 Å². The number of amides is 1. The van der Waals surface area contributed by atoms with Crippen LogP contribution in [-0.2, 0) is 0 Å². The lowest BCUT2D eigenvalue weighted by atomic mass is 10.1. The lowest BCUT2D eigenvalue weighted by molar-refractivity contribution is 0.0674. The Morgan fingerprint density at radius 3 is 2.78 bits per heavy atom. The average molecular weight is 311 g/mol. The lowest BCUT2D eigenvalue weighted by Gasteiger charge is -2.26. The molecule has 2 aliphatic rings. The van der Waals surface area contributed by atoms with Crippen LogP contribution in [0.2, 0.25) is 0 Å². The zero-order valence-corrected chi connectivity index (χ0v) is 13.3. The normalized spacial score (nSPS) is 23.8. The number of hydrogen-bond acceptors (Lipinski definition) is 4. The largest absolute Gasteiger partial charge is 0.330 e. The van der Waals surface area contributed by atoms with Gasteiger partial charge in [0.05, 0.1) is 11.9 Å². The highest BCUT2D eigenvalue weighted by atomic mass is 16.2. The zero-order chi connectivity index (χ0) is 15.8. The van der Waals surface area contributed by atoms with Crippen molar-refractivity contribution in [3.05, 3.63) is 41.7 Å². The Morgan fingerprint density at radius 1 is 1.17 bits per heavy atom. The van der Waals surface area contributed by atoms with Crippen molar-refractivity contribution in [2.75, 3.05) is 13.1 Å². The van der Waals surface area contributed by atoms with Gasteiger partial charge < -0.3 is 10.2 Å². The van der Waals surface area contributed by atoms with Gasteiger partial charge in [0.15, 0.2) is 5.69 Å². The van der Waals surface area contributed by atoms with E-state index in [0.29, 0.717) is 17.8 Å². The van der Waals surface area contributed by atoms with Crippen LogP contribution in [0.25, 0.3) is 5.69 Å². The molecule has 1 N–H and O–H groups in total. The molecule has 3 heterocycles. The predicted molar refractivity (Wildman–Crippen MR) is 86.6 cm³/mol. The molecular weight excluding hydrogens is 290 g/mol. The summed E-state index contributed by atoms with van der Waals surface area (Å²) in [6.07, 6.45) is 4.94. The van der Waals surface area contributed by atoms with Crippen molar-refractivity contribution in [2.24, 2.45) is 0 Å². The Kier molecular flexibility index (Phi) is 3.61. The maximum atomic E-state index is 12.9. The molecule has 2 aliphatic heterocycles. The molecule has 0 aliphatic carbocycles. The van der Waals surface area contributed by atoms with Crippen LogP contribution in [0.4, 0.5) is 0 Å². The predicted octanol–water partition coefficient (Wildman–Crippen LogP) is 1.54. The smallest absolute Gasteiger partial charge is 0.276 e. The lowest BCUT2D eigenvalue weighted by Crippen LogP contribution is -2.42. The summed E-state index contributed by atoms with van der Waals surface area (Å²) in [6.45, 7) is 3.92. The highest BCUT2D eigenvalue weighted by molar-refractivity contribution is 5.92. The van der Waals surface area contributed by atoms with E-state index >= 15 is 0 Å². The van der Waals surface area contributed by atoms with Crippen molar-refractivity contribution in [3.8, 4) is 5.69 Å². The average Bonchev–Trinajstić information content (AvgIpc) is 3.11. The summed E-state index contributed by atoms with van der Waals surface area (Å²) >= 11 is 0. The Morgan fingerprint density at radius 2 is 1.96 bits per heavy atom. The van der Waals surface area contributed by atoms with Crippen LogP contribution < -0.4 is 5.32 Å². The summed E-state index contributed by atoms with van der Waals surface area (Å²) in [5.41, 5.74) is 2.55. The maximum Gasteiger partial charge on any atom is 0.276 e. The monoisotopic (exact) mass is 311 g/mol. The molecule has 1 aromatic carbocycles. The van der Waals surface area contributed by atoms with E-state index in [1.165, 1.54) is 5.56 Å². The van der Waals surface area contributed by atoms with Crippen molar-refractivity contribution in [3.63, 3.8) is 0 Å². The van der Waals surface area contributed by atoms with Gasteiger partial charge in [-0.2, -0.15) is 0 Å². The fraction of sp³-hybridized carbons (Fsp3) is 0.471. The third kappa shape index (κ3) is 2.63.